The Balaban J connectivity index is 1.67. The van der Waals surface area contributed by atoms with Crippen LogP contribution in [0.25, 0.3) is 0 Å². The highest BCUT2D eigenvalue weighted by molar-refractivity contribution is 6.31. The van der Waals surface area contributed by atoms with E-state index in [9.17, 15) is 19.7 Å². The Kier molecular flexibility index (Phi) is 4.93. The molecule has 3 rings (SSSR count). The van der Waals surface area contributed by atoms with Crippen LogP contribution in [0.15, 0.2) is 18.2 Å². The van der Waals surface area contributed by atoms with Crippen molar-refractivity contribution in [3.8, 4) is 0 Å². The summed E-state index contributed by atoms with van der Waals surface area (Å²) in [7, 11) is 0. The Bertz CT molecular complexity index is 809. The zero-order valence-electron chi connectivity index (χ0n) is 15.7. The Labute approximate surface area is 162 Å². The number of nitro benzene ring substituents is 1. The van der Waals surface area contributed by atoms with E-state index in [4.69, 9.17) is 16.3 Å². The maximum absolute atomic E-state index is 12.6. The summed E-state index contributed by atoms with van der Waals surface area (Å²) in [5, 5.41) is 11.3. The fraction of sp³-hybridized carbons (Fsp3) is 0.579. The van der Waals surface area contributed by atoms with Gasteiger partial charge in [-0.05, 0) is 42.2 Å². The lowest BCUT2D eigenvalue weighted by atomic mass is 9.65. The van der Waals surface area contributed by atoms with E-state index in [0.29, 0.717) is 6.54 Å². The van der Waals surface area contributed by atoms with E-state index in [1.54, 1.807) is 4.90 Å². The number of halogens is 1. The second-order valence-corrected chi connectivity index (χ2v) is 9.17. The molecule has 1 amide bonds. The number of benzene rings is 1. The lowest BCUT2D eigenvalue weighted by Crippen LogP contribution is -2.39. The molecule has 1 aromatic carbocycles. The molecule has 2 fully saturated rings. The average Bonchev–Trinajstić information content (AvgIpc) is 2.81. The number of fused-ring (bicyclic) bond motifs is 2. The maximum Gasteiger partial charge on any atom is 0.345 e. The fourth-order valence-electron chi connectivity index (χ4n) is 4.87. The van der Waals surface area contributed by atoms with Crippen LogP contribution in [0, 0.1) is 20.9 Å². The maximum atomic E-state index is 12.6. The van der Waals surface area contributed by atoms with E-state index in [0.717, 1.165) is 25.3 Å². The molecule has 2 atom stereocenters. The molecule has 1 heterocycles. The predicted octanol–water partition coefficient (Wildman–Crippen LogP) is 3.83. The number of ether oxygens (including phenoxy) is 1. The first-order valence-corrected chi connectivity index (χ1v) is 9.28. The molecule has 2 bridgehead atoms. The van der Waals surface area contributed by atoms with Crippen LogP contribution in [-0.4, -0.2) is 40.9 Å². The number of carbonyl (C=O) groups excluding carboxylic acids is 2. The van der Waals surface area contributed by atoms with Crippen molar-refractivity contribution in [2.24, 2.45) is 10.8 Å². The number of nitro groups is 1. The summed E-state index contributed by atoms with van der Waals surface area (Å²) < 4.78 is 5.09. The molecule has 0 unspecified atom stereocenters. The third-order valence-electron chi connectivity index (χ3n) is 5.44. The molecular formula is C19H23ClN2O5. The molecule has 1 aliphatic heterocycles. The Morgan fingerprint density at radius 3 is 2.70 bits per heavy atom. The molecule has 1 aromatic rings. The van der Waals surface area contributed by atoms with Gasteiger partial charge >= 0.3 is 5.97 Å². The van der Waals surface area contributed by atoms with Crippen molar-refractivity contribution in [3.63, 3.8) is 0 Å². The molecule has 0 radical (unpaired) electrons. The number of likely N-dealkylation sites (tertiary alicyclic amines) is 1. The molecule has 1 saturated carbocycles. The number of nitrogens with zero attached hydrogens (tertiary/aromatic N) is 2. The summed E-state index contributed by atoms with van der Waals surface area (Å²) in [6.07, 6.45) is 2.93. The SMILES string of the molecule is CC1(C)C[C@H]2C[C@](C)(CN2C(=O)COC(=O)c2ccc(Cl)cc2[N+](=O)[O-])C1. The number of hydrogen-bond acceptors (Lipinski definition) is 5. The second-order valence-electron chi connectivity index (χ2n) is 8.73. The first-order chi connectivity index (χ1) is 12.5. The van der Waals surface area contributed by atoms with Crippen LogP contribution in [0.4, 0.5) is 5.69 Å². The lowest BCUT2D eigenvalue weighted by molar-refractivity contribution is -0.385. The molecule has 0 aromatic heterocycles. The van der Waals surface area contributed by atoms with Crippen LogP contribution in [-0.2, 0) is 9.53 Å². The van der Waals surface area contributed by atoms with Crippen LogP contribution >= 0.6 is 11.6 Å². The van der Waals surface area contributed by atoms with Gasteiger partial charge in [0.1, 0.15) is 5.56 Å². The second kappa shape index (κ2) is 6.78. The first kappa shape index (κ1) is 19.6. The lowest BCUT2D eigenvalue weighted by Gasteiger charge is -2.39. The highest BCUT2D eigenvalue weighted by Crippen LogP contribution is 2.52. The van der Waals surface area contributed by atoms with Crippen molar-refractivity contribution in [1.82, 2.24) is 4.90 Å². The fourth-order valence-corrected chi connectivity index (χ4v) is 5.03. The largest absolute Gasteiger partial charge is 0.452 e. The number of rotatable bonds is 4. The molecule has 0 spiro atoms. The number of amides is 1. The van der Waals surface area contributed by atoms with Crippen molar-refractivity contribution in [2.45, 2.75) is 46.1 Å². The normalized spacial score (nSPS) is 25.9. The molecule has 7 nitrogen and oxygen atoms in total. The zero-order chi connectivity index (χ0) is 20.0. The number of esters is 1. The number of carbonyl (C=O) groups is 2. The topological polar surface area (TPSA) is 89.8 Å². The predicted molar refractivity (Wildman–Crippen MR) is 99.6 cm³/mol. The molecule has 0 N–H and O–H groups in total. The molecule has 2 aliphatic rings. The van der Waals surface area contributed by atoms with Gasteiger partial charge < -0.3 is 9.64 Å². The van der Waals surface area contributed by atoms with Gasteiger partial charge in [0.15, 0.2) is 6.61 Å². The van der Waals surface area contributed by atoms with Crippen LogP contribution < -0.4 is 0 Å². The van der Waals surface area contributed by atoms with Gasteiger partial charge in [-0.2, -0.15) is 0 Å². The summed E-state index contributed by atoms with van der Waals surface area (Å²) in [6.45, 7) is 6.84. The summed E-state index contributed by atoms with van der Waals surface area (Å²) in [5.74, 6) is -1.16. The van der Waals surface area contributed by atoms with Crippen LogP contribution in [0.1, 0.15) is 50.4 Å². The quantitative estimate of drug-likeness (QED) is 0.439. The van der Waals surface area contributed by atoms with Crippen LogP contribution in [0.2, 0.25) is 5.02 Å². The van der Waals surface area contributed by atoms with Crippen LogP contribution in [0.5, 0.6) is 0 Å². The highest BCUT2D eigenvalue weighted by Gasteiger charge is 2.50. The van der Waals surface area contributed by atoms with Crippen molar-refractivity contribution in [3.05, 3.63) is 38.9 Å². The molecular weight excluding hydrogens is 372 g/mol. The minimum absolute atomic E-state index is 0.0844. The smallest absolute Gasteiger partial charge is 0.345 e. The zero-order valence-corrected chi connectivity index (χ0v) is 16.4. The van der Waals surface area contributed by atoms with Gasteiger partial charge in [0.2, 0.25) is 0 Å². The van der Waals surface area contributed by atoms with Gasteiger partial charge in [0, 0.05) is 23.7 Å². The van der Waals surface area contributed by atoms with E-state index >= 15 is 0 Å². The third kappa shape index (κ3) is 4.08. The monoisotopic (exact) mass is 394 g/mol. The molecule has 1 saturated heterocycles. The first-order valence-electron chi connectivity index (χ1n) is 8.90. The van der Waals surface area contributed by atoms with Crippen LogP contribution in [0.3, 0.4) is 0 Å². The van der Waals surface area contributed by atoms with Gasteiger partial charge in [-0.25, -0.2) is 4.79 Å². The minimum atomic E-state index is -0.902. The van der Waals surface area contributed by atoms with Gasteiger partial charge in [0.25, 0.3) is 11.6 Å². The van der Waals surface area contributed by atoms with E-state index in [-0.39, 0.29) is 33.4 Å². The Hall–Kier alpha value is -2.15. The van der Waals surface area contributed by atoms with E-state index in [2.05, 4.69) is 20.8 Å². The highest BCUT2D eigenvalue weighted by atomic mass is 35.5. The van der Waals surface area contributed by atoms with E-state index in [1.807, 2.05) is 0 Å². The minimum Gasteiger partial charge on any atom is -0.452 e. The Morgan fingerprint density at radius 2 is 2.04 bits per heavy atom. The van der Waals surface area contributed by atoms with Crippen molar-refractivity contribution in [1.29, 1.82) is 0 Å². The van der Waals surface area contributed by atoms with E-state index < -0.39 is 23.2 Å². The molecule has 146 valence electrons. The molecule has 1 aliphatic carbocycles. The summed E-state index contributed by atoms with van der Waals surface area (Å²) >= 11 is 5.75. The summed E-state index contributed by atoms with van der Waals surface area (Å²) in [5.41, 5.74) is -0.398. The molecule has 8 heteroatoms. The summed E-state index contributed by atoms with van der Waals surface area (Å²) in [6, 6.07) is 3.85. The Morgan fingerprint density at radius 1 is 1.33 bits per heavy atom. The van der Waals surface area contributed by atoms with Gasteiger partial charge in [-0.15, -0.1) is 0 Å². The standard InChI is InChI=1S/C19H23ClN2O5/c1-18(2)7-13-8-19(3,10-18)11-21(13)16(23)9-27-17(24)14-5-4-12(20)6-15(14)22(25)26/h4-6,13H,7-11H2,1-3H3/t13-,19-/m0/s1. The van der Waals surface area contributed by atoms with Crippen molar-refractivity contribution < 1.29 is 19.2 Å². The average molecular weight is 395 g/mol. The number of hydrogen-bond donors (Lipinski definition) is 0. The third-order valence-corrected chi connectivity index (χ3v) is 5.67. The van der Waals surface area contributed by atoms with Gasteiger partial charge in [0.05, 0.1) is 4.92 Å². The van der Waals surface area contributed by atoms with E-state index in [1.165, 1.54) is 12.1 Å². The van der Waals surface area contributed by atoms with Crippen molar-refractivity contribution >= 4 is 29.2 Å². The molecule has 27 heavy (non-hydrogen) atoms. The van der Waals surface area contributed by atoms with Gasteiger partial charge in [-0.3, -0.25) is 14.9 Å². The van der Waals surface area contributed by atoms with Gasteiger partial charge in [-0.1, -0.05) is 32.4 Å². The van der Waals surface area contributed by atoms with Crippen molar-refractivity contribution in [2.75, 3.05) is 13.2 Å². The summed E-state index contributed by atoms with van der Waals surface area (Å²) in [4.78, 5) is 37.1.